The van der Waals surface area contributed by atoms with Crippen molar-refractivity contribution in [2.75, 3.05) is 88.9 Å². The summed E-state index contributed by atoms with van der Waals surface area (Å²) in [5, 5.41) is 6.31. The Bertz CT molecular complexity index is 1110. The summed E-state index contributed by atoms with van der Waals surface area (Å²) in [4.78, 5) is 46.9. The van der Waals surface area contributed by atoms with E-state index in [1.54, 1.807) is 18.2 Å². The number of hydrogen-bond acceptors (Lipinski definition) is 6. The number of hydrogen-bond donors (Lipinski definition) is 2. The topological polar surface area (TPSA) is 97.5 Å². The second kappa shape index (κ2) is 11.6. The second-order valence-corrected chi connectivity index (χ2v) is 9.45. The van der Waals surface area contributed by atoms with Gasteiger partial charge in [-0.1, -0.05) is 18.2 Å². The number of anilines is 2. The first kappa shape index (κ1) is 25.0. The fourth-order valence-corrected chi connectivity index (χ4v) is 4.97. The van der Waals surface area contributed by atoms with Gasteiger partial charge in [0, 0.05) is 76.6 Å². The fraction of sp³-hybridized carbons (Fsp3) is 0.444. The molecule has 2 aromatic carbocycles. The molecular formula is C27H34N6O4. The predicted octanol–water partition coefficient (Wildman–Crippen LogP) is 1.56. The molecule has 0 saturated carbocycles. The van der Waals surface area contributed by atoms with E-state index in [1.165, 1.54) is 0 Å². The Hall–Kier alpha value is -3.63. The third-order valence-corrected chi connectivity index (χ3v) is 7.10. The van der Waals surface area contributed by atoms with Gasteiger partial charge in [-0.15, -0.1) is 0 Å². The van der Waals surface area contributed by atoms with Crippen molar-refractivity contribution in [3.63, 3.8) is 0 Å². The zero-order valence-electron chi connectivity index (χ0n) is 21.0. The van der Waals surface area contributed by atoms with Crippen LogP contribution in [0.4, 0.5) is 16.2 Å². The van der Waals surface area contributed by atoms with E-state index in [1.807, 2.05) is 45.0 Å². The molecule has 3 aliphatic heterocycles. The van der Waals surface area contributed by atoms with E-state index < -0.39 is 0 Å². The highest BCUT2D eigenvalue weighted by Gasteiger charge is 2.28. The third kappa shape index (κ3) is 5.86. The molecule has 5 rings (SSSR count). The lowest BCUT2D eigenvalue weighted by atomic mass is 10.1. The summed E-state index contributed by atoms with van der Waals surface area (Å²) in [6, 6.07) is 14.6. The smallest absolute Gasteiger partial charge is 0.320 e. The van der Waals surface area contributed by atoms with Crippen molar-refractivity contribution in [2.24, 2.45) is 0 Å². The number of urea groups is 1. The highest BCUT2D eigenvalue weighted by Crippen LogP contribution is 2.30. The maximum Gasteiger partial charge on any atom is 0.320 e. The minimum Gasteiger partial charge on any atom is -0.378 e. The molecule has 2 aromatic rings. The largest absolute Gasteiger partial charge is 0.378 e. The van der Waals surface area contributed by atoms with Crippen LogP contribution in [0.1, 0.15) is 20.7 Å². The minimum atomic E-state index is -0.227. The van der Waals surface area contributed by atoms with Crippen molar-refractivity contribution < 1.29 is 19.1 Å². The number of rotatable bonds is 4. The Balaban J connectivity index is 1.34. The maximum absolute atomic E-state index is 13.2. The summed E-state index contributed by atoms with van der Waals surface area (Å²) in [6.45, 7) is 7.71. The standard InChI is InChI=1S/C27H34N6O4/c34-25(21-4-2-1-3-5-21)29-23-20-22(26(35)31-10-8-28-9-11-31)6-7-24(23)30-12-14-32(15-13-30)27(36)33-16-18-37-19-17-33/h1-7,20,28H,8-19H2,(H,29,34). The predicted molar refractivity (Wildman–Crippen MR) is 141 cm³/mol. The molecule has 0 radical (unpaired) electrons. The summed E-state index contributed by atoms with van der Waals surface area (Å²) in [7, 11) is 0. The molecule has 3 fully saturated rings. The fourth-order valence-electron chi connectivity index (χ4n) is 4.97. The molecule has 0 bridgehead atoms. The number of amides is 4. The van der Waals surface area contributed by atoms with Gasteiger partial charge in [-0.3, -0.25) is 9.59 Å². The lowest BCUT2D eigenvalue weighted by molar-refractivity contribution is 0.0428. The monoisotopic (exact) mass is 506 g/mol. The molecule has 0 unspecified atom stereocenters. The van der Waals surface area contributed by atoms with Crippen LogP contribution in [0.3, 0.4) is 0 Å². The van der Waals surface area contributed by atoms with Gasteiger partial charge in [0.1, 0.15) is 0 Å². The minimum absolute atomic E-state index is 0.0378. The zero-order valence-corrected chi connectivity index (χ0v) is 21.0. The van der Waals surface area contributed by atoms with Gasteiger partial charge in [0.2, 0.25) is 0 Å². The van der Waals surface area contributed by atoms with E-state index in [2.05, 4.69) is 15.5 Å². The molecule has 0 spiro atoms. The number of nitrogens with one attached hydrogen (secondary N) is 2. The molecule has 0 aromatic heterocycles. The number of ether oxygens (including phenoxy) is 1. The van der Waals surface area contributed by atoms with Crippen LogP contribution in [0.2, 0.25) is 0 Å². The average Bonchev–Trinajstić information content (AvgIpc) is 2.98. The summed E-state index contributed by atoms with van der Waals surface area (Å²) in [6.07, 6.45) is 0. The number of nitrogens with zero attached hydrogens (tertiary/aromatic N) is 4. The lowest BCUT2D eigenvalue weighted by Crippen LogP contribution is -2.55. The Morgan fingerprint density at radius 2 is 1.41 bits per heavy atom. The van der Waals surface area contributed by atoms with Gasteiger partial charge in [-0.05, 0) is 30.3 Å². The van der Waals surface area contributed by atoms with Crippen LogP contribution >= 0.6 is 0 Å². The molecule has 37 heavy (non-hydrogen) atoms. The first-order chi connectivity index (χ1) is 18.1. The van der Waals surface area contributed by atoms with Crippen molar-refractivity contribution in [3.05, 3.63) is 59.7 Å². The quantitative estimate of drug-likeness (QED) is 0.653. The first-order valence-corrected chi connectivity index (χ1v) is 13.0. The highest BCUT2D eigenvalue weighted by molar-refractivity contribution is 6.07. The van der Waals surface area contributed by atoms with Crippen molar-refractivity contribution in [3.8, 4) is 0 Å². The molecule has 196 valence electrons. The van der Waals surface area contributed by atoms with Gasteiger partial charge in [-0.25, -0.2) is 4.79 Å². The number of morpholine rings is 1. The number of carbonyl (C=O) groups excluding carboxylic acids is 3. The summed E-state index contributed by atoms with van der Waals surface area (Å²) < 4.78 is 5.37. The normalized spacial score (nSPS) is 18.5. The van der Waals surface area contributed by atoms with E-state index in [0.717, 1.165) is 18.8 Å². The summed E-state index contributed by atoms with van der Waals surface area (Å²) in [5.74, 6) is -0.265. The molecule has 4 amide bonds. The Kier molecular flexibility index (Phi) is 7.86. The second-order valence-electron chi connectivity index (χ2n) is 9.45. The molecule has 2 N–H and O–H groups in total. The Morgan fingerprint density at radius 1 is 0.730 bits per heavy atom. The van der Waals surface area contributed by atoms with Gasteiger partial charge in [0.15, 0.2) is 0 Å². The number of carbonyl (C=O) groups is 3. The van der Waals surface area contributed by atoms with E-state index in [4.69, 9.17) is 4.74 Å². The maximum atomic E-state index is 13.2. The highest BCUT2D eigenvalue weighted by atomic mass is 16.5. The van der Waals surface area contributed by atoms with Gasteiger partial charge >= 0.3 is 6.03 Å². The summed E-state index contributed by atoms with van der Waals surface area (Å²) in [5.41, 5.74) is 2.55. The van der Waals surface area contributed by atoms with E-state index in [9.17, 15) is 14.4 Å². The SMILES string of the molecule is O=C(Nc1cc(C(=O)N2CCNCC2)ccc1N1CCN(C(=O)N2CCOCC2)CC1)c1ccccc1. The van der Waals surface area contributed by atoms with Crippen molar-refractivity contribution in [1.82, 2.24) is 20.0 Å². The molecule has 3 aliphatic rings. The summed E-state index contributed by atoms with van der Waals surface area (Å²) >= 11 is 0. The van der Waals surface area contributed by atoms with E-state index in [0.29, 0.717) is 82.4 Å². The van der Waals surface area contributed by atoms with Gasteiger partial charge in [0.05, 0.1) is 24.6 Å². The van der Waals surface area contributed by atoms with Crippen molar-refractivity contribution in [1.29, 1.82) is 0 Å². The van der Waals surface area contributed by atoms with Crippen LogP contribution in [0.25, 0.3) is 0 Å². The van der Waals surface area contributed by atoms with E-state index in [-0.39, 0.29) is 17.8 Å². The number of piperazine rings is 2. The molecule has 3 saturated heterocycles. The molecule has 0 aliphatic carbocycles. The lowest BCUT2D eigenvalue weighted by Gasteiger charge is -2.40. The van der Waals surface area contributed by atoms with Crippen LogP contribution in [0.15, 0.2) is 48.5 Å². The third-order valence-electron chi connectivity index (χ3n) is 7.10. The zero-order chi connectivity index (χ0) is 25.6. The average molecular weight is 507 g/mol. The van der Waals surface area contributed by atoms with Crippen LogP contribution in [-0.2, 0) is 4.74 Å². The van der Waals surface area contributed by atoms with Crippen LogP contribution < -0.4 is 15.5 Å². The number of benzene rings is 2. The van der Waals surface area contributed by atoms with Crippen LogP contribution in [-0.4, -0.2) is 111 Å². The van der Waals surface area contributed by atoms with Gasteiger partial charge < -0.3 is 35.0 Å². The van der Waals surface area contributed by atoms with Crippen LogP contribution in [0.5, 0.6) is 0 Å². The van der Waals surface area contributed by atoms with Gasteiger partial charge in [-0.2, -0.15) is 0 Å². The van der Waals surface area contributed by atoms with Crippen LogP contribution in [0, 0.1) is 0 Å². The van der Waals surface area contributed by atoms with Crippen molar-refractivity contribution in [2.45, 2.75) is 0 Å². The van der Waals surface area contributed by atoms with Gasteiger partial charge in [0.25, 0.3) is 11.8 Å². The molecule has 10 heteroatoms. The Morgan fingerprint density at radius 3 is 2.11 bits per heavy atom. The first-order valence-electron chi connectivity index (χ1n) is 13.0. The molecule has 0 atom stereocenters. The Labute approximate surface area is 217 Å². The molecular weight excluding hydrogens is 472 g/mol. The molecule has 10 nitrogen and oxygen atoms in total. The van der Waals surface area contributed by atoms with E-state index >= 15 is 0 Å². The van der Waals surface area contributed by atoms with Crippen molar-refractivity contribution >= 4 is 29.2 Å². The molecule has 3 heterocycles.